The van der Waals surface area contributed by atoms with Gasteiger partial charge in [0.25, 0.3) is 10.0 Å². The highest BCUT2D eigenvalue weighted by molar-refractivity contribution is 7.93. The number of benzene rings is 3. The van der Waals surface area contributed by atoms with Crippen molar-refractivity contribution in [2.45, 2.75) is 31.3 Å². The molecule has 0 bridgehead atoms. The smallest absolute Gasteiger partial charge is 0.410 e. The highest BCUT2D eigenvalue weighted by Gasteiger charge is 2.29. The molecular weight excluding hydrogens is 588 g/mol. The predicted octanol–water partition coefficient (Wildman–Crippen LogP) is 5.38. The minimum atomic E-state index is -4.20. The lowest BCUT2D eigenvalue weighted by Gasteiger charge is -2.36. The van der Waals surface area contributed by atoms with E-state index in [-0.39, 0.29) is 28.3 Å². The van der Waals surface area contributed by atoms with Gasteiger partial charge in [-0.1, -0.05) is 23.4 Å². The van der Waals surface area contributed by atoms with Gasteiger partial charge in [-0.2, -0.15) is 0 Å². The maximum absolute atomic E-state index is 13.5. The van der Waals surface area contributed by atoms with E-state index in [1.165, 1.54) is 33.5 Å². The third-order valence-electron chi connectivity index (χ3n) is 7.12. The van der Waals surface area contributed by atoms with Crippen LogP contribution in [-0.2, 0) is 14.8 Å². The first kappa shape index (κ1) is 30.8. The Morgan fingerprint density at radius 3 is 2.11 bits per heavy atom. The van der Waals surface area contributed by atoms with Gasteiger partial charge in [0.15, 0.2) is 16.3 Å². The minimum absolute atomic E-state index is 0.0343. The fourth-order valence-corrected chi connectivity index (χ4v) is 6.38. The van der Waals surface area contributed by atoms with Crippen molar-refractivity contribution in [1.29, 1.82) is 0 Å². The van der Waals surface area contributed by atoms with Crippen LogP contribution in [0, 0.1) is 0 Å². The van der Waals surface area contributed by atoms with Gasteiger partial charge in [-0.3, -0.25) is 4.72 Å². The van der Waals surface area contributed by atoms with Gasteiger partial charge in [-0.25, -0.2) is 13.2 Å². The summed E-state index contributed by atoms with van der Waals surface area (Å²) in [6.45, 7) is 8.00. The quantitative estimate of drug-likeness (QED) is 0.273. The van der Waals surface area contributed by atoms with Crippen LogP contribution >= 0.6 is 0 Å². The van der Waals surface area contributed by atoms with Gasteiger partial charge in [-0.05, 0) is 68.3 Å². The Labute approximate surface area is 256 Å². The molecule has 13 heteroatoms. The summed E-state index contributed by atoms with van der Waals surface area (Å²) in [5, 5.41) is 4.38. The number of hydrogen-bond donors (Lipinski definition) is 1. The summed E-state index contributed by atoms with van der Waals surface area (Å²) in [6.07, 6.45) is -0.304. The molecule has 4 aromatic rings. The molecule has 44 heavy (non-hydrogen) atoms. The molecule has 1 aromatic heterocycles. The summed E-state index contributed by atoms with van der Waals surface area (Å²) >= 11 is 0. The first-order valence-corrected chi connectivity index (χ1v) is 15.5. The Kier molecular flexibility index (Phi) is 8.51. The number of carbonyl (C=O) groups is 1. The molecule has 1 aliphatic heterocycles. The number of methoxy groups -OCH3 is 3. The third kappa shape index (κ3) is 6.32. The van der Waals surface area contributed by atoms with Crippen LogP contribution in [0.15, 0.2) is 64.0 Å². The number of piperazine rings is 1. The van der Waals surface area contributed by atoms with Crippen molar-refractivity contribution in [2.75, 3.05) is 57.1 Å². The standard InChI is InChI=1S/C31H36N4O8S/c1-31(2,3)42-30(36)35-15-13-34(14-16-35)22-10-7-9-20(17-22)21-18-25(41-6)27-26(19-21)43-32-29(27)33-44(37,38)28-23(39-4)11-8-12-24(28)40-5/h7-12,17-19H,13-16H2,1-6H3,(H,32,33). The number of fused-ring (bicyclic) bond motifs is 1. The molecular formula is C31H36N4O8S. The number of carbonyl (C=O) groups excluding carboxylic acids is 1. The van der Waals surface area contributed by atoms with Crippen molar-refractivity contribution in [2.24, 2.45) is 0 Å². The SMILES string of the molecule is COc1cccc(OC)c1S(=O)(=O)Nc1noc2cc(-c3cccc(N4CCN(C(=O)OC(C)(C)C)CC4)c3)cc(OC)c12. The lowest BCUT2D eigenvalue weighted by Crippen LogP contribution is -2.50. The molecule has 12 nitrogen and oxygen atoms in total. The number of sulfonamides is 1. The summed E-state index contributed by atoms with van der Waals surface area (Å²) < 4.78 is 56.8. The highest BCUT2D eigenvalue weighted by atomic mass is 32.2. The van der Waals surface area contributed by atoms with Gasteiger partial charge in [0, 0.05) is 31.9 Å². The molecule has 1 aliphatic rings. The second-order valence-electron chi connectivity index (χ2n) is 11.2. The largest absolute Gasteiger partial charge is 0.496 e. The highest BCUT2D eigenvalue weighted by Crippen LogP contribution is 2.40. The van der Waals surface area contributed by atoms with Crippen molar-refractivity contribution < 1.29 is 36.7 Å². The van der Waals surface area contributed by atoms with Gasteiger partial charge < -0.3 is 33.3 Å². The van der Waals surface area contributed by atoms with Crippen LogP contribution in [0.25, 0.3) is 22.1 Å². The molecule has 0 atom stereocenters. The van der Waals surface area contributed by atoms with E-state index in [2.05, 4.69) is 20.8 Å². The summed E-state index contributed by atoms with van der Waals surface area (Å²) in [4.78, 5) is 16.3. The number of anilines is 2. The second kappa shape index (κ2) is 12.2. The van der Waals surface area contributed by atoms with Gasteiger partial charge in [0.1, 0.15) is 28.2 Å². The van der Waals surface area contributed by atoms with Crippen LogP contribution in [0.3, 0.4) is 0 Å². The molecule has 2 heterocycles. The van der Waals surface area contributed by atoms with E-state index in [1.807, 2.05) is 39.0 Å². The third-order valence-corrected chi connectivity index (χ3v) is 8.52. The van der Waals surface area contributed by atoms with E-state index in [4.69, 9.17) is 23.5 Å². The van der Waals surface area contributed by atoms with E-state index in [0.717, 1.165) is 16.8 Å². The maximum atomic E-state index is 13.5. The average Bonchev–Trinajstić information content (AvgIpc) is 3.41. The molecule has 1 saturated heterocycles. The van der Waals surface area contributed by atoms with Crippen LogP contribution in [0.1, 0.15) is 20.8 Å². The van der Waals surface area contributed by atoms with Crippen molar-refractivity contribution >= 4 is 38.6 Å². The van der Waals surface area contributed by atoms with Crippen molar-refractivity contribution in [3.63, 3.8) is 0 Å². The second-order valence-corrected chi connectivity index (χ2v) is 12.8. The van der Waals surface area contributed by atoms with Crippen molar-refractivity contribution in [3.8, 4) is 28.4 Å². The molecule has 0 radical (unpaired) electrons. The fourth-order valence-electron chi connectivity index (χ4n) is 5.05. The summed E-state index contributed by atoms with van der Waals surface area (Å²) in [5.41, 5.74) is 2.49. The van der Waals surface area contributed by atoms with E-state index < -0.39 is 15.6 Å². The van der Waals surface area contributed by atoms with Crippen LogP contribution in [0.2, 0.25) is 0 Å². The Bertz CT molecular complexity index is 1750. The van der Waals surface area contributed by atoms with Crippen LogP contribution in [0.4, 0.5) is 16.3 Å². The van der Waals surface area contributed by atoms with Crippen LogP contribution in [0.5, 0.6) is 17.2 Å². The van der Waals surface area contributed by atoms with E-state index in [1.54, 1.807) is 23.1 Å². The average molecular weight is 625 g/mol. The predicted molar refractivity (Wildman–Crippen MR) is 166 cm³/mol. The fraction of sp³-hybridized carbons (Fsp3) is 0.355. The molecule has 1 fully saturated rings. The Balaban J connectivity index is 1.40. The van der Waals surface area contributed by atoms with E-state index in [9.17, 15) is 13.2 Å². The Hall–Kier alpha value is -4.65. The summed E-state index contributed by atoms with van der Waals surface area (Å²) in [6, 6.07) is 16.3. The molecule has 0 aliphatic carbocycles. The molecule has 234 valence electrons. The van der Waals surface area contributed by atoms with Crippen LogP contribution < -0.4 is 23.8 Å². The number of nitrogens with zero attached hydrogens (tertiary/aromatic N) is 3. The zero-order chi connectivity index (χ0) is 31.6. The number of amides is 1. The van der Waals surface area contributed by atoms with Gasteiger partial charge in [-0.15, -0.1) is 0 Å². The van der Waals surface area contributed by atoms with Gasteiger partial charge in [0.05, 0.1) is 21.3 Å². The normalized spacial score (nSPS) is 14.0. The van der Waals surface area contributed by atoms with Gasteiger partial charge >= 0.3 is 6.09 Å². The monoisotopic (exact) mass is 624 g/mol. The van der Waals surface area contributed by atoms with Crippen LogP contribution in [-0.4, -0.2) is 77.7 Å². The summed E-state index contributed by atoms with van der Waals surface area (Å²) in [5.74, 6) is 0.572. The van der Waals surface area contributed by atoms with E-state index in [0.29, 0.717) is 42.9 Å². The molecule has 3 aromatic carbocycles. The Morgan fingerprint density at radius 1 is 0.864 bits per heavy atom. The Morgan fingerprint density at radius 2 is 1.50 bits per heavy atom. The lowest BCUT2D eigenvalue weighted by molar-refractivity contribution is 0.0240. The first-order valence-electron chi connectivity index (χ1n) is 14.0. The number of rotatable bonds is 8. The molecule has 5 rings (SSSR count). The molecule has 0 saturated carbocycles. The molecule has 0 spiro atoms. The lowest BCUT2D eigenvalue weighted by atomic mass is 10.0. The summed E-state index contributed by atoms with van der Waals surface area (Å²) in [7, 11) is 0.0493. The molecule has 0 unspecified atom stereocenters. The maximum Gasteiger partial charge on any atom is 0.410 e. The number of aromatic nitrogens is 1. The number of ether oxygens (including phenoxy) is 4. The zero-order valence-electron chi connectivity index (χ0n) is 25.5. The van der Waals surface area contributed by atoms with E-state index >= 15 is 0 Å². The van der Waals surface area contributed by atoms with Crippen molar-refractivity contribution in [1.82, 2.24) is 10.1 Å². The minimum Gasteiger partial charge on any atom is -0.496 e. The number of hydrogen-bond acceptors (Lipinski definition) is 10. The molecule has 1 amide bonds. The van der Waals surface area contributed by atoms with Crippen molar-refractivity contribution in [3.05, 3.63) is 54.6 Å². The topological polar surface area (TPSA) is 133 Å². The van der Waals surface area contributed by atoms with Gasteiger partial charge in [0.2, 0.25) is 0 Å². The number of nitrogens with one attached hydrogen (secondary N) is 1. The zero-order valence-corrected chi connectivity index (χ0v) is 26.4. The first-order chi connectivity index (χ1) is 20.9. The molecule has 1 N–H and O–H groups in total.